The molecule has 3 rings (SSSR count). The first-order valence-electron chi connectivity index (χ1n) is 7.28. The molecule has 1 atom stereocenters. The maximum Gasteiger partial charge on any atom is 0.312 e. The van der Waals surface area contributed by atoms with E-state index in [1.165, 1.54) is 23.4 Å². The third-order valence-corrected chi connectivity index (χ3v) is 3.88. The summed E-state index contributed by atoms with van der Waals surface area (Å²) < 4.78 is 0. The Labute approximate surface area is 133 Å². The van der Waals surface area contributed by atoms with Crippen LogP contribution in [-0.4, -0.2) is 23.0 Å². The van der Waals surface area contributed by atoms with Gasteiger partial charge < -0.3 is 10.6 Å². The van der Waals surface area contributed by atoms with Crippen molar-refractivity contribution in [2.24, 2.45) is 0 Å². The Kier molecular flexibility index (Phi) is 4.17. The summed E-state index contributed by atoms with van der Waals surface area (Å²) in [4.78, 5) is 14.6. The molecule has 1 aromatic heterocycles. The van der Waals surface area contributed by atoms with Gasteiger partial charge in [0.2, 0.25) is 5.82 Å². The monoisotopic (exact) mass is 309 g/mol. The molecule has 2 aromatic rings. The van der Waals surface area contributed by atoms with Crippen LogP contribution in [0.3, 0.4) is 0 Å². The van der Waals surface area contributed by atoms with Gasteiger partial charge in [0.25, 0.3) is 0 Å². The Bertz CT molecular complexity index is 784. The number of fused-ring (bicyclic) bond motifs is 1. The minimum atomic E-state index is -0.529. The molecule has 23 heavy (non-hydrogen) atoms. The van der Waals surface area contributed by atoms with Gasteiger partial charge in [-0.1, -0.05) is 24.3 Å². The van der Waals surface area contributed by atoms with Crippen molar-refractivity contribution in [1.82, 2.24) is 10.3 Å². The molecule has 1 unspecified atom stereocenters. The van der Waals surface area contributed by atoms with Crippen molar-refractivity contribution < 1.29 is 4.92 Å². The van der Waals surface area contributed by atoms with E-state index in [0.29, 0.717) is 6.54 Å². The molecule has 0 radical (unpaired) electrons. The van der Waals surface area contributed by atoms with Crippen LogP contribution in [0, 0.1) is 21.4 Å². The highest BCUT2D eigenvalue weighted by molar-refractivity contribution is 5.58. The molecule has 1 aliphatic rings. The Balaban J connectivity index is 1.80. The lowest BCUT2D eigenvalue weighted by molar-refractivity contribution is -0.384. The lowest BCUT2D eigenvalue weighted by atomic mass is 9.94. The summed E-state index contributed by atoms with van der Waals surface area (Å²) in [7, 11) is 0. The lowest BCUT2D eigenvalue weighted by Crippen LogP contribution is -2.34. The van der Waals surface area contributed by atoms with Crippen LogP contribution >= 0.6 is 0 Å². The number of aromatic nitrogens is 1. The number of pyridine rings is 1. The van der Waals surface area contributed by atoms with Crippen molar-refractivity contribution in [3.63, 3.8) is 0 Å². The number of nitro groups is 1. The summed E-state index contributed by atoms with van der Waals surface area (Å²) in [6, 6.07) is 11.3. The van der Waals surface area contributed by atoms with Gasteiger partial charge in [0.1, 0.15) is 6.07 Å². The second-order valence-electron chi connectivity index (χ2n) is 5.30. The van der Waals surface area contributed by atoms with Crippen LogP contribution in [0.2, 0.25) is 0 Å². The van der Waals surface area contributed by atoms with Gasteiger partial charge in [-0.2, -0.15) is 5.26 Å². The molecule has 0 spiro atoms. The van der Waals surface area contributed by atoms with Crippen molar-refractivity contribution >= 4 is 11.5 Å². The van der Waals surface area contributed by atoms with E-state index in [9.17, 15) is 10.1 Å². The molecule has 7 heteroatoms. The quantitative estimate of drug-likeness (QED) is 0.662. The number of nitrogens with zero attached hydrogens (tertiary/aromatic N) is 3. The van der Waals surface area contributed by atoms with E-state index in [4.69, 9.17) is 5.26 Å². The van der Waals surface area contributed by atoms with E-state index in [1.807, 2.05) is 18.2 Å². The SMILES string of the molecule is N#Cc1cnc(NCC2NCCc3ccccc32)c([N+](=O)[O-])c1. The number of nitriles is 1. The summed E-state index contributed by atoms with van der Waals surface area (Å²) in [5.74, 6) is 0.179. The summed E-state index contributed by atoms with van der Waals surface area (Å²) in [6.45, 7) is 1.35. The molecule has 0 saturated heterocycles. The fourth-order valence-corrected chi connectivity index (χ4v) is 2.76. The Hall–Kier alpha value is -2.98. The third-order valence-electron chi connectivity index (χ3n) is 3.88. The topological polar surface area (TPSA) is 104 Å². The third kappa shape index (κ3) is 3.12. The number of hydrogen-bond donors (Lipinski definition) is 2. The van der Waals surface area contributed by atoms with Gasteiger partial charge in [-0.05, 0) is 24.1 Å². The van der Waals surface area contributed by atoms with Crippen LogP contribution in [0.4, 0.5) is 11.5 Å². The van der Waals surface area contributed by atoms with Crippen LogP contribution in [0.1, 0.15) is 22.7 Å². The van der Waals surface area contributed by atoms with Gasteiger partial charge in [0.05, 0.1) is 10.5 Å². The van der Waals surface area contributed by atoms with E-state index < -0.39 is 4.92 Å². The number of anilines is 1. The highest BCUT2D eigenvalue weighted by Crippen LogP contribution is 2.26. The fraction of sp³-hybridized carbons (Fsp3) is 0.250. The van der Waals surface area contributed by atoms with Crippen LogP contribution in [-0.2, 0) is 6.42 Å². The highest BCUT2D eigenvalue weighted by Gasteiger charge is 2.21. The first-order valence-corrected chi connectivity index (χ1v) is 7.28. The molecule has 2 N–H and O–H groups in total. The molecule has 0 aliphatic carbocycles. The minimum Gasteiger partial charge on any atom is -0.362 e. The molecule has 1 aliphatic heterocycles. The molecule has 0 saturated carbocycles. The van der Waals surface area contributed by atoms with Gasteiger partial charge in [-0.25, -0.2) is 4.98 Å². The van der Waals surface area contributed by atoms with Crippen LogP contribution < -0.4 is 10.6 Å². The average Bonchev–Trinajstić information content (AvgIpc) is 2.59. The standard InChI is InChI=1S/C16H15N5O2/c17-8-11-7-15(21(22)23)16(19-9-11)20-10-14-13-4-2-1-3-12(13)5-6-18-14/h1-4,7,9,14,18H,5-6,10H2,(H,19,20). The van der Waals surface area contributed by atoms with Gasteiger partial charge in [0.15, 0.2) is 0 Å². The summed E-state index contributed by atoms with van der Waals surface area (Å²) >= 11 is 0. The largest absolute Gasteiger partial charge is 0.362 e. The van der Waals surface area contributed by atoms with Gasteiger partial charge in [0, 0.05) is 24.8 Å². The molecular formula is C16H15N5O2. The van der Waals surface area contributed by atoms with Crippen LogP contribution in [0.15, 0.2) is 36.5 Å². The van der Waals surface area contributed by atoms with E-state index in [2.05, 4.69) is 27.8 Å². The fourth-order valence-electron chi connectivity index (χ4n) is 2.76. The van der Waals surface area contributed by atoms with Crippen molar-refractivity contribution in [1.29, 1.82) is 5.26 Å². The molecular weight excluding hydrogens is 294 g/mol. The second kappa shape index (κ2) is 6.42. The summed E-state index contributed by atoms with van der Waals surface area (Å²) in [6.07, 6.45) is 2.31. The first-order chi connectivity index (χ1) is 11.2. The van der Waals surface area contributed by atoms with E-state index in [-0.39, 0.29) is 23.1 Å². The molecule has 1 aromatic carbocycles. The molecule has 0 fully saturated rings. The van der Waals surface area contributed by atoms with Gasteiger partial charge in [-0.3, -0.25) is 10.1 Å². The Morgan fingerprint density at radius 2 is 2.30 bits per heavy atom. The molecule has 7 nitrogen and oxygen atoms in total. The van der Waals surface area contributed by atoms with Crippen LogP contribution in [0.25, 0.3) is 0 Å². The predicted molar refractivity (Wildman–Crippen MR) is 85.0 cm³/mol. The smallest absolute Gasteiger partial charge is 0.312 e. The zero-order valence-electron chi connectivity index (χ0n) is 12.3. The number of rotatable bonds is 4. The Morgan fingerprint density at radius 1 is 1.48 bits per heavy atom. The van der Waals surface area contributed by atoms with Crippen molar-refractivity contribution in [2.45, 2.75) is 12.5 Å². The van der Waals surface area contributed by atoms with Crippen LogP contribution in [0.5, 0.6) is 0 Å². The average molecular weight is 309 g/mol. The highest BCUT2D eigenvalue weighted by atomic mass is 16.6. The lowest BCUT2D eigenvalue weighted by Gasteiger charge is -2.27. The van der Waals surface area contributed by atoms with E-state index in [1.54, 1.807) is 0 Å². The van der Waals surface area contributed by atoms with Crippen molar-refractivity contribution in [2.75, 3.05) is 18.4 Å². The zero-order chi connectivity index (χ0) is 16.2. The Morgan fingerprint density at radius 3 is 3.09 bits per heavy atom. The number of benzene rings is 1. The minimum absolute atomic E-state index is 0.0667. The van der Waals surface area contributed by atoms with E-state index >= 15 is 0 Å². The molecule has 0 amide bonds. The first kappa shape index (κ1) is 14.9. The molecule has 0 bridgehead atoms. The maximum absolute atomic E-state index is 11.1. The van der Waals surface area contributed by atoms with E-state index in [0.717, 1.165) is 13.0 Å². The number of hydrogen-bond acceptors (Lipinski definition) is 6. The van der Waals surface area contributed by atoms with Gasteiger partial charge in [-0.15, -0.1) is 0 Å². The van der Waals surface area contributed by atoms with Crippen molar-refractivity contribution in [3.05, 3.63) is 63.3 Å². The second-order valence-corrected chi connectivity index (χ2v) is 5.30. The number of nitrogens with one attached hydrogen (secondary N) is 2. The molecule has 2 heterocycles. The van der Waals surface area contributed by atoms with Crippen molar-refractivity contribution in [3.8, 4) is 6.07 Å². The maximum atomic E-state index is 11.1. The summed E-state index contributed by atoms with van der Waals surface area (Å²) in [5, 5.41) is 26.4. The van der Waals surface area contributed by atoms with Gasteiger partial charge >= 0.3 is 5.69 Å². The summed E-state index contributed by atoms with van der Waals surface area (Å²) in [5.41, 5.74) is 2.47. The molecule has 116 valence electrons. The zero-order valence-corrected chi connectivity index (χ0v) is 12.3. The predicted octanol–water partition coefficient (Wildman–Crippen LogP) is 2.16. The normalized spacial score (nSPS) is 16.2.